The van der Waals surface area contributed by atoms with Crippen molar-refractivity contribution in [1.29, 1.82) is 0 Å². The van der Waals surface area contributed by atoms with Crippen LogP contribution in [0.5, 0.6) is 0 Å². The summed E-state index contributed by atoms with van der Waals surface area (Å²) in [6, 6.07) is 0. The largest absolute Gasteiger partial charge is 0.373 e. The molecule has 1 aromatic rings. The third-order valence-electron chi connectivity index (χ3n) is 4.49. The van der Waals surface area contributed by atoms with Gasteiger partial charge in [0.05, 0.1) is 0 Å². The van der Waals surface area contributed by atoms with Crippen molar-refractivity contribution in [3.8, 4) is 0 Å². The van der Waals surface area contributed by atoms with E-state index in [0.29, 0.717) is 0 Å². The molecule has 1 saturated heterocycles. The molecule has 1 N–H and O–H groups in total. The van der Waals surface area contributed by atoms with E-state index in [-0.39, 0.29) is 5.54 Å². The summed E-state index contributed by atoms with van der Waals surface area (Å²) in [4.78, 5) is 14.3. The number of aryl methyl sites for hydroxylation is 1. The number of aromatic nitrogens is 2. The van der Waals surface area contributed by atoms with Gasteiger partial charge >= 0.3 is 0 Å². The molecule has 0 bridgehead atoms. The fraction of sp³-hybridized carbons (Fsp3) is 0.750. The summed E-state index contributed by atoms with van der Waals surface area (Å²) >= 11 is 0. The van der Waals surface area contributed by atoms with Gasteiger partial charge in [-0.15, -0.1) is 0 Å². The number of hydrogen-bond donors (Lipinski definition) is 1. The summed E-state index contributed by atoms with van der Waals surface area (Å²) in [5.41, 5.74) is 1.32. The summed E-state index contributed by atoms with van der Waals surface area (Å²) in [6.45, 7) is 11.9. The quantitative estimate of drug-likeness (QED) is 0.922. The fourth-order valence-electron chi connectivity index (χ4n) is 2.86. The molecule has 0 aromatic carbocycles. The molecule has 118 valence electrons. The van der Waals surface area contributed by atoms with Crippen LogP contribution in [-0.4, -0.2) is 54.1 Å². The van der Waals surface area contributed by atoms with Crippen LogP contribution in [0.4, 0.5) is 11.6 Å². The van der Waals surface area contributed by atoms with Gasteiger partial charge in [-0.1, -0.05) is 6.92 Å². The molecule has 1 aliphatic heterocycles. The Morgan fingerprint density at radius 1 is 1.24 bits per heavy atom. The molecule has 0 spiro atoms. The van der Waals surface area contributed by atoms with E-state index in [9.17, 15) is 0 Å². The monoisotopic (exact) mass is 291 g/mol. The lowest BCUT2D eigenvalue weighted by atomic mass is 9.99. The van der Waals surface area contributed by atoms with Crippen LogP contribution in [0.15, 0.2) is 0 Å². The average Bonchev–Trinajstić information content (AvgIpc) is 2.44. The van der Waals surface area contributed by atoms with E-state index in [0.717, 1.165) is 55.5 Å². The predicted octanol–water partition coefficient (Wildman–Crippen LogP) is 2.31. The summed E-state index contributed by atoms with van der Waals surface area (Å²) in [5, 5.41) is 3.21. The molecule has 5 nitrogen and oxygen atoms in total. The third kappa shape index (κ3) is 3.28. The minimum Gasteiger partial charge on any atom is -0.373 e. The molecule has 2 heterocycles. The molecule has 1 aliphatic rings. The van der Waals surface area contributed by atoms with Crippen molar-refractivity contribution < 1.29 is 0 Å². The second-order valence-corrected chi connectivity index (χ2v) is 6.59. The highest BCUT2D eigenvalue weighted by Gasteiger charge is 2.32. The molecule has 1 aromatic heterocycles. The number of hydrogen-bond acceptors (Lipinski definition) is 5. The number of piperazine rings is 1. The SMILES string of the molecule is CCCc1nc(NC)c(C)c(N2CCN(C)C(C)(C)C2)n1. The van der Waals surface area contributed by atoms with Gasteiger partial charge in [0, 0.05) is 44.2 Å². The molecule has 0 radical (unpaired) electrons. The van der Waals surface area contributed by atoms with Crippen molar-refractivity contribution in [2.45, 2.75) is 46.1 Å². The minimum atomic E-state index is 0.167. The van der Waals surface area contributed by atoms with Gasteiger partial charge in [-0.3, -0.25) is 4.90 Å². The first kappa shape index (κ1) is 16.0. The Kier molecular flexibility index (Phi) is 4.71. The van der Waals surface area contributed by atoms with Crippen molar-refractivity contribution >= 4 is 11.6 Å². The predicted molar refractivity (Wildman–Crippen MR) is 89.2 cm³/mol. The van der Waals surface area contributed by atoms with Crippen molar-refractivity contribution in [2.24, 2.45) is 0 Å². The Bertz CT molecular complexity index is 498. The smallest absolute Gasteiger partial charge is 0.137 e. The summed E-state index contributed by atoms with van der Waals surface area (Å²) in [6.07, 6.45) is 2.00. The molecule has 0 amide bonds. The van der Waals surface area contributed by atoms with E-state index in [1.54, 1.807) is 0 Å². The highest BCUT2D eigenvalue weighted by atomic mass is 15.3. The van der Waals surface area contributed by atoms with Crippen LogP contribution in [0.2, 0.25) is 0 Å². The maximum absolute atomic E-state index is 4.84. The lowest BCUT2D eigenvalue weighted by Crippen LogP contribution is -2.58. The Hall–Kier alpha value is -1.36. The van der Waals surface area contributed by atoms with Crippen molar-refractivity contribution in [3.63, 3.8) is 0 Å². The van der Waals surface area contributed by atoms with Gasteiger partial charge in [-0.05, 0) is 34.2 Å². The van der Waals surface area contributed by atoms with Crippen molar-refractivity contribution in [3.05, 3.63) is 11.4 Å². The molecular weight excluding hydrogens is 262 g/mol. The van der Waals surface area contributed by atoms with Gasteiger partial charge in [-0.25, -0.2) is 9.97 Å². The van der Waals surface area contributed by atoms with E-state index in [2.05, 4.69) is 54.8 Å². The lowest BCUT2D eigenvalue weighted by molar-refractivity contribution is 0.138. The Morgan fingerprint density at radius 3 is 2.52 bits per heavy atom. The van der Waals surface area contributed by atoms with E-state index in [4.69, 9.17) is 4.98 Å². The zero-order valence-corrected chi connectivity index (χ0v) is 14.3. The molecule has 1 fully saturated rings. The molecule has 0 aliphatic carbocycles. The van der Waals surface area contributed by atoms with E-state index in [1.807, 2.05) is 7.05 Å². The molecule has 0 unspecified atom stereocenters. The molecule has 0 saturated carbocycles. The summed E-state index contributed by atoms with van der Waals surface area (Å²) in [5.74, 6) is 3.00. The van der Waals surface area contributed by atoms with Crippen LogP contribution in [-0.2, 0) is 6.42 Å². The van der Waals surface area contributed by atoms with Crippen molar-refractivity contribution in [2.75, 3.05) is 43.9 Å². The van der Waals surface area contributed by atoms with Crippen LogP contribution in [0, 0.1) is 6.92 Å². The van der Waals surface area contributed by atoms with Gasteiger partial charge in [0.25, 0.3) is 0 Å². The normalized spacial score (nSPS) is 18.9. The van der Waals surface area contributed by atoms with Gasteiger partial charge < -0.3 is 10.2 Å². The third-order valence-corrected chi connectivity index (χ3v) is 4.49. The summed E-state index contributed by atoms with van der Waals surface area (Å²) in [7, 11) is 4.13. The fourth-order valence-corrected chi connectivity index (χ4v) is 2.86. The molecule has 5 heteroatoms. The van der Waals surface area contributed by atoms with Crippen LogP contribution >= 0.6 is 0 Å². The first-order valence-electron chi connectivity index (χ1n) is 7.90. The van der Waals surface area contributed by atoms with Crippen LogP contribution in [0.25, 0.3) is 0 Å². The number of anilines is 2. The highest BCUT2D eigenvalue weighted by molar-refractivity contribution is 5.59. The van der Waals surface area contributed by atoms with E-state index < -0.39 is 0 Å². The van der Waals surface area contributed by atoms with Gasteiger partial charge in [0.15, 0.2) is 0 Å². The molecule has 2 rings (SSSR count). The average molecular weight is 291 g/mol. The first-order valence-corrected chi connectivity index (χ1v) is 7.90. The van der Waals surface area contributed by atoms with Gasteiger partial charge in [0.1, 0.15) is 17.5 Å². The van der Waals surface area contributed by atoms with Crippen molar-refractivity contribution in [1.82, 2.24) is 14.9 Å². The Balaban J connectivity index is 2.36. The Morgan fingerprint density at radius 2 is 1.95 bits per heavy atom. The highest BCUT2D eigenvalue weighted by Crippen LogP contribution is 2.28. The second-order valence-electron chi connectivity index (χ2n) is 6.59. The maximum atomic E-state index is 4.84. The van der Waals surface area contributed by atoms with Crippen LogP contribution < -0.4 is 10.2 Å². The van der Waals surface area contributed by atoms with Gasteiger partial charge in [-0.2, -0.15) is 0 Å². The first-order chi connectivity index (χ1) is 9.89. The minimum absolute atomic E-state index is 0.167. The Labute approximate surface area is 128 Å². The zero-order chi connectivity index (χ0) is 15.6. The molecular formula is C16H29N5. The van der Waals surface area contributed by atoms with Gasteiger partial charge in [0.2, 0.25) is 0 Å². The second kappa shape index (κ2) is 6.18. The number of nitrogens with one attached hydrogen (secondary N) is 1. The molecule has 21 heavy (non-hydrogen) atoms. The van der Waals surface area contributed by atoms with Crippen LogP contribution in [0.3, 0.4) is 0 Å². The number of nitrogens with zero attached hydrogens (tertiary/aromatic N) is 4. The maximum Gasteiger partial charge on any atom is 0.137 e. The standard InChI is InChI=1S/C16H29N5/c1-7-8-13-18-14(17-5)12(2)15(19-13)21-10-9-20(6)16(3,4)11-21/h7-11H2,1-6H3,(H,17,18,19). The lowest BCUT2D eigenvalue weighted by Gasteiger charge is -2.46. The van der Waals surface area contributed by atoms with Crippen LogP contribution in [0.1, 0.15) is 38.6 Å². The van der Waals surface area contributed by atoms with E-state index in [1.165, 1.54) is 0 Å². The summed E-state index contributed by atoms with van der Waals surface area (Å²) < 4.78 is 0. The number of likely N-dealkylation sites (N-methyl/N-ethyl adjacent to an activating group) is 1. The zero-order valence-electron chi connectivity index (χ0n) is 14.3. The topological polar surface area (TPSA) is 44.3 Å². The van der Waals surface area contributed by atoms with E-state index >= 15 is 0 Å². The number of rotatable bonds is 4. The molecule has 0 atom stereocenters.